The molecule has 24 heavy (non-hydrogen) atoms. The second-order valence-corrected chi connectivity index (χ2v) is 7.19. The van der Waals surface area contributed by atoms with Crippen molar-refractivity contribution in [1.82, 2.24) is 4.90 Å². The molecule has 0 bridgehead atoms. The number of carboxylic acid groups (broad SMARTS) is 2. The average molecular weight is 342 g/mol. The second kappa shape index (κ2) is 7.82. The maximum Gasteiger partial charge on any atom is 0.451 e. The minimum Gasteiger partial charge on any atom is -0.481 e. The number of nitrogens with two attached hydrogens (primary N) is 1. The Bertz CT molecular complexity index is 477. The third-order valence-corrected chi connectivity index (χ3v) is 5.76. The van der Waals surface area contributed by atoms with Crippen molar-refractivity contribution in [2.75, 3.05) is 13.1 Å². The molecule has 2 aliphatic rings. The van der Waals surface area contributed by atoms with Gasteiger partial charge < -0.3 is 26.0 Å². The molecule has 4 atom stereocenters. The van der Waals surface area contributed by atoms with Gasteiger partial charge in [-0.15, -0.1) is 0 Å². The number of carboxylic acids is 2. The lowest BCUT2D eigenvalue weighted by molar-refractivity contribution is -0.153. The molecule has 0 aromatic heterocycles. The van der Waals surface area contributed by atoms with Crippen LogP contribution in [0.4, 0.5) is 0 Å². The van der Waals surface area contributed by atoms with Crippen molar-refractivity contribution in [3.05, 3.63) is 0 Å². The van der Waals surface area contributed by atoms with Crippen LogP contribution in [0.2, 0.25) is 6.32 Å². The first-order valence-electron chi connectivity index (χ1n) is 8.58. The van der Waals surface area contributed by atoms with E-state index in [1.165, 1.54) is 0 Å². The molecular weight excluding hydrogens is 315 g/mol. The Morgan fingerprint density at radius 3 is 2.46 bits per heavy atom. The van der Waals surface area contributed by atoms with Crippen LogP contribution < -0.4 is 5.73 Å². The van der Waals surface area contributed by atoms with E-state index in [0.29, 0.717) is 51.6 Å². The van der Waals surface area contributed by atoms with Crippen LogP contribution in [0.3, 0.4) is 0 Å². The predicted molar refractivity (Wildman–Crippen MR) is 87.2 cm³/mol. The van der Waals surface area contributed by atoms with Crippen LogP contribution in [0.1, 0.15) is 38.5 Å². The van der Waals surface area contributed by atoms with E-state index in [9.17, 15) is 14.7 Å². The summed E-state index contributed by atoms with van der Waals surface area (Å²) in [5, 5.41) is 36.7. The normalized spacial score (nSPS) is 34.2. The van der Waals surface area contributed by atoms with Gasteiger partial charge in [-0.1, -0.05) is 6.42 Å². The predicted octanol–water partition coefficient (Wildman–Crippen LogP) is -0.403. The average Bonchev–Trinajstić information content (AvgIpc) is 2.98. The standard InChI is InChI=1S/C15H27BN2O6/c17-12-8-11(18-7-3-10(9-18)13(19)20)2-5-15(12,14(21)22)4-1-6-16(23)24/h10-12,23-24H,1-9,17H2,(H,19,20)(H,21,22)/t10?,11?,12-,15+/m1/s1. The summed E-state index contributed by atoms with van der Waals surface area (Å²) in [6, 6.07) is -0.395. The zero-order chi connectivity index (χ0) is 17.9. The van der Waals surface area contributed by atoms with Crippen LogP contribution in [-0.4, -0.2) is 69.4 Å². The molecule has 0 aromatic carbocycles. The highest BCUT2D eigenvalue weighted by Gasteiger charge is 2.49. The number of likely N-dealkylation sites (tertiary alicyclic amines) is 1. The first kappa shape index (κ1) is 19.2. The summed E-state index contributed by atoms with van der Waals surface area (Å²) >= 11 is 0. The Balaban J connectivity index is 1.97. The van der Waals surface area contributed by atoms with Crippen LogP contribution in [0.5, 0.6) is 0 Å². The van der Waals surface area contributed by atoms with Gasteiger partial charge in [0.2, 0.25) is 0 Å². The van der Waals surface area contributed by atoms with E-state index in [1.807, 2.05) is 0 Å². The van der Waals surface area contributed by atoms with Gasteiger partial charge in [-0.25, -0.2) is 0 Å². The van der Waals surface area contributed by atoms with Crippen LogP contribution in [0, 0.1) is 11.3 Å². The Kier molecular flexibility index (Phi) is 6.25. The molecule has 2 unspecified atom stereocenters. The van der Waals surface area contributed by atoms with Gasteiger partial charge >= 0.3 is 19.1 Å². The lowest BCUT2D eigenvalue weighted by atomic mass is 9.65. The molecule has 0 spiro atoms. The molecule has 1 aliphatic heterocycles. The van der Waals surface area contributed by atoms with E-state index in [1.54, 1.807) is 0 Å². The summed E-state index contributed by atoms with van der Waals surface area (Å²) in [5.74, 6) is -2.05. The van der Waals surface area contributed by atoms with E-state index in [0.717, 1.165) is 0 Å². The summed E-state index contributed by atoms with van der Waals surface area (Å²) in [6.07, 6.45) is 3.12. The minimum absolute atomic E-state index is 0.125. The van der Waals surface area contributed by atoms with Crippen molar-refractivity contribution in [2.45, 2.75) is 56.9 Å². The van der Waals surface area contributed by atoms with Crippen LogP contribution in [0.25, 0.3) is 0 Å². The fraction of sp³-hybridized carbons (Fsp3) is 0.867. The van der Waals surface area contributed by atoms with Crippen molar-refractivity contribution in [1.29, 1.82) is 0 Å². The largest absolute Gasteiger partial charge is 0.481 e. The van der Waals surface area contributed by atoms with Gasteiger partial charge in [0.15, 0.2) is 0 Å². The van der Waals surface area contributed by atoms with Crippen LogP contribution in [-0.2, 0) is 9.59 Å². The zero-order valence-corrected chi connectivity index (χ0v) is 13.8. The highest BCUT2D eigenvalue weighted by molar-refractivity contribution is 6.40. The number of rotatable bonds is 7. The molecule has 1 saturated carbocycles. The maximum absolute atomic E-state index is 11.8. The number of hydrogen-bond donors (Lipinski definition) is 5. The van der Waals surface area contributed by atoms with Gasteiger partial charge in [0.05, 0.1) is 11.3 Å². The number of aliphatic carboxylic acids is 2. The van der Waals surface area contributed by atoms with Crippen molar-refractivity contribution in [2.24, 2.45) is 17.1 Å². The van der Waals surface area contributed by atoms with E-state index < -0.39 is 30.5 Å². The summed E-state index contributed by atoms with van der Waals surface area (Å²) in [5.41, 5.74) is 5.20. The van der Waals surface area contributed by atoms with Gasteiger partial charge in [0.25, 0.3) is 0 Å². The van der Waals surface area contributed by atoms with Gasteiger partial charge in [0.1, 0.15) is 0 Å². The molecule has 6 N–H and O–H groups in total. The molecule has 1 saturated heterocycles. The van der Waals surface area contributed by atoms with Crippen molar-refractivity contribution in [3.8, 4) is 0 Å². The molecule has 1 aliphatic carbocycles. The highest BCUT2D eigenvalue weighted by atomic mass is 16.4. The maximum atomic E-state index is 11.8. The third kappa shape index (κ3) is 4.08. The first-order chi connectivity index (χ1) is 11.3. The van der Waals surface area contributed by atoms with E-state index in [-0.39, 0.29) is 18.3 Å². The number of carbonyl (C=O) groups is 2. The van der Waals surface area contributed by atoms with E-state index >= 15 is 0 Å². The Hall–Kier alpha value is -1.16. The van der Waals surface area contributed by atoms with Crippen molar-refractivity contribution in [3.63, 3.8) is 0 Å². The third-order valence-electron chi connectivity index (χ3n) is 5.76. The molecule has 0 aromatic rings. The molecule has 9 heteroatoms. The molecule has 136 valence electrons. The second-order valence-electron chi connectivity index (χ2n) is 7.19. The SMILES string of the molecule is N[C@@H]1CC(N2CCC(C(=O)O)C2)CC[C@]1(CCCB(O)O)C(=O)O. The molecule has 0 radical (unpaired) electrons. The minimum atomic E-state index is -1.43. The summed E-state index contributed by atoms with van der Waals surface area (Å²) in [6.45, 7) is 1.22. The molecule has 0 amide bonds. The Morgan fingerprint density at radius 2 is 1.96 bits per heavy atom. The van der Waals surface area contributed by atoms with E-state index in [4.69, 9.17) is 20.9 Å². The zero-order valence-electron chi connectivity index (χ0n) is 13.8. The number of hydrogen-bond acceptors (Lipinski definition) is 6. The molecule has 2 fully saturated rings. The Morgan fingerprint density at radius 1 is 1.25 bits per heavy atom. The molecule has 2 rings (SSSR count). The highest BCUT2D eigenvalue weighted by Crippen LogP contribution is 2.42. The number of nitrogens with zero attached hydrogens (tertiary/aromatic N) is 1. The molecule has 1 heterocycles. The van der Waals surface area contributed by atoms with Gasteiger partial charge in [-0.3, -0.25) is 14.5 Å². The monoisotopic (exact) mass is 342 g/mol. The van der Waals surface area contributed by atoms with Crippen LogP contribution in [0.15, 0.2) is 0 Å². The molecular formula is C15H27BN2O6. The lowest BCUT2D eigenvalue weighted by Crippen LogP contribution is -2.55. The van der Waals surface area contributed by atoms with Crippen molar-refractivity contribution >= 4 is 19.1 Å². The Labute approximate surface area is 141 Å². The van der Waals surface area contributed by atoms with Gasteiger partial charge in [-0.2, -0.15) is 0 Å². The summed E-state index contributed by atoms with van der Waals surface area (Å²) in [4.78, 5) is 25.1. The van der Waals surface area contributed by atoms with Gasteiger partial charge in [-0.05, 0) is 45.0 Å². The quantitative estimate of drug-likeness (QED) is 0.393. The van der Waals surface area contributed by atoms with Gasteiger partial charge in [0, 0.05) is 18.6 Å². The molecule has 8 nitrogen and oxygen atoms in total. The van der Waals surface area contributed by atoms with E-state index in [2.05, 4.69) is 4.90 Å². The van der Waals surface area contributed by atoms with Crippen molar-refractivity contribution < 1.29 is 29.9 Å². The lowest BCUT2D eigenvalue weighted by Gasteiger charge is -2.44. The topological polar surface area (TPSA) is 144 Å². The fourth-order valence-electron chi connectivity index (χ4n) is 4.18. The summed E-state index contributed by atoms with van der Waals surface area (Å²) in [7, 11) is -1.43. The van der Waals surface area contributed by atoms with Crippen LogP contribution >= 0.6 is 0 Å². The fourth-order valence-corrected chi connectivity index (χ4v) is 4.18. The smallest absolute Gasteiger partial charge is 0.451 e. The summed E-state index contributed by atoms with van der Waals surface area (Å²) < 4.78 is 0. The first-order valence-corrected chi connectivity index (χ1v) is 8.58.